The fraction of sp³-hybridized carbons (Fsp3) is 0.440. The van der Waals surface area contributed by atoms with Crippen LogP contribution in [-0.2, 0) is 15.0 Å². The molecule has 2 aromatic carbocycles. The van der Waals surface area contributed by atoms with Crippen LogP contribution in [0.3, 0.4) is 0 Å². The summed E-state index contributed by atoms with van der Waals surface area (Å²) in [4.78, 5) is 27.2. The molecule has 0 atom stereocenters. The van der Waals surface area contributed by atoms with Gasteiger partial charge in [0.1, 0.15) is 0 Å². The molecule has 164 valence electrons. The van der Waals surface area contributed by atoms with Gasteiger partial charge in [0.2, 0.25) is 0 Å². The van der Waals surface area contributed by atoms with Gasteiger partial charge >= 0.3 is 5.97 Å². The largest absolute Gasteiger partial charge is 0.331 e. The van der Waals surface area contributed by atoms with Crippen molar-refractivity contribution < 1.29 is 14.6 Å². The van der Waals surface area contributed by atoms with E-state index in [-0.39, 0.29) is 16.0 Å². The summed E-state index contributed by atoms with van der Waals surface area (Å²) in [5.41, 5.74) is 5.84. The lowest BCUT2D eigenvalue weighted by Crippen LogP contribution is -2.26. The molecule has 6 heteroatoms. The van der Waals surface area contributed by atoms with Crippen LogP contribution in [0, 0.1) is 10.1 Å². The number of nitro benzene ring substituents is 1. The number of carbonyl (C=O) groups is 1. The summed E-state index contributed by atoms with van der Waals surface area (Å²) in [5.74, 6) is -0.458. The Morgan fingerprint density at radius 2 is 1.58 bits per heavy atom. The van der Waals surface area contributed by atoms with Crippen molar-refractivity contribution in [3.8, 4) is 11.1 Å². The molecule has 6 nitrogen and oxygen atoms in total. The topological polar surface area (TPSA) is 81.8 Å². The lowest BCUT2D eigenvalue weighted by atomic mass is 9.70. The molecule has 0 aromatic heterocycles. The summed E-state index contributed by atoms with van der Waals surface area (Å²) < 4.78 is 0. The van der Waals surface area contributed by atoms with Gasteiger partial charge in [0, 0.05) is 24.5 Å². The molecule has 1 aliphatic carbocycles. The number of unbranched alkanes of at least 4 members (excludes halogenated alkanes) is 2. The molecule has 0 amide bonds. The first-order valence-corrected chi connectivity index (χ1v) is 11.0. The van der Waals surface area contributed by atoms with Crippen molar-refractivity contribution in [2.45, 2.75) is 71.6 Å². The predicted octanol–water partition coefficient (Wildman–Crippen LogP) is 6.53. The fourth-order valence-corrected chi connectivity index (χ4v) is 4.63. The number of carbonyl (C=O) groups excluding carboxylic acids is 1. The molecule has 0 spiro atoms. The number of fused-ring (bicyclic) bond motifs is 3. The number of hydrogen-bond donors (Lipinski definition) is 0. The standard InChI is InChI=1S/C25H30N2O4/c1-5-7-13-25(14-8-6-2)23-15-19(17(3)26-31-18(4)28)9-11-21(23)22-12-10-20(27(29)30)16-24(22)25/h9-12,15-16H,5-8,13-14H2,1-4H3/b26-17-. The molecule has 0 saturated carbocycles. The SMILES string of the molecule is CCCCC1(CCCC)c2cc(/C(C)=N\OC(C)=O)ccc2-c2ccc([N+](=O)[O-])cc21. The van der Waals surface area contributed by atoms with Gasteiger partial charge in [-0.2, -0.15) is 0 Å². The zero-order valence-corrected chi connectivity index (χ0v) is 18.7. The number of hydrogen-bond acceptors (Lipinski definition) is 5. The highest BCUT2D eigenvalue weighted by Crippen LogP contribution is 2.55. The lowest BCUT2D eigenvalue weighted by Gasteiger charge is -2.32. The Labute approximate surface area is 183 Å². The molecule has 0 radical (unpaired) electrons. The molecule has 0 unspecified atom stereocenters. The van der Waals surface area contributed by atoms with Gasteiger partial charge in [-0.25, -0.2) is 4.79 Å². The van der Waals surface area contributed by atoms with Crippen molar-refractivity contribution in [1.82, 2.24) is 0 Å². The van der Waals surface area contributed by atoms with Crippen LogP contribution in [0.1, 0.15) is 82.9 Å². The molecule has 0 fully saturated rings. The summed E-state index contributed by atoms with van der Waals surface area (Å²) in [6.07, 6.45) is 6.06. The van der Waals surface area contributed by atoms with Gasteiger partial charge in [0.15, 0.2) is 0 Å². The Balaban J connectivity index is 2.21. The van der Waals surface area contributed by atoms with Gasteiger partial charge in [-0.05, 0) is 59.7 Å². The Kier molecular flexibility index (Phi) is 6.88. The number of non-ortho nitro benzene ring substituents is 1. The summed E-state index contributed by atoms with van der Waals surface area (Å²) in [6.45, 7) is 7.48. The molecular formula is C25H30N2O4. The average molecular weight is 423 g/mol. The van der Waals surface area contributed by atoms with E-state index in [1.54, 1.807) is 12.1 Å². The first kappa shape index (κ1) is 22.7. The van der Waals surface area contributed by atoms with Crippen LogP contribution < -0.4 is 0 Å². The smallest absolute Gasteiger partial charge is 0.318 e. The second-order valence-corrected chi connectivity index (χ2v) is 8.30. The van der Waals surface area contributed by atoms with Gasteiger partial charge in [0.05, 0.1) is 10.6 Å². The third kappa shape index (κ3) is 4.38. The zero-order valence-electron chi connectivity index (χ0n) is 18.7. The third-order valence-electron chi connectivity index (χ3n) is 6.20. The molecule has 3 rings (SSSR count). The summed E-state index contributed by atoms with van der Waals surface area (Å²) in [5, 5.41) is 15.5. The average Bonchev–Trinajstić information content (AvgIpc) is 3.03. The zero-order chi connectivity index (χ0) is 22.6. The quantitative estimate of drug-likeness (QED) is 0.199. The van der Waals surface area contributed by atoms with Gasteiger partial charge in [0.25, 0.3) is 5.69 Å². The van der Waals surface area contributed by atoms with E-state index in [1.165, 1.54) is 12.5 Å². The van der Waals surface area contributed by atoms with Crippen LogP contribution in [0.2, 0.25) is 0 Å². The van der Waals surface area contributed by atoms with Crippen molar-refractivity contribution in [3.63, 3.8) is 0 Å². The van der Waals surface area contributed by atoms with E-state index in [1.807, 2.05) is 19.1 Å². The molecule has 0 N–H and O–H groups in total. The highest BCUT2D eigenvalue weighted by Gasteiger charge is 2.43. The maximum atomic E-state index is 11.5. The Hall–Kier alpha value is -3.02. The maximum absolute atomic E-state index is 11.5. The van der Waals surface area contributed by atoms with Gasteiger partial charge in [-0.1, -0.05) is 56.8 Å². The number of nitro groups is 1. The Morgan fingerprint density at radius 3 is 2.13 bits per heavy atom. The van der Waals surface area contributed by atoms with Crippen molar-refractivity contribution in [1.29, 1.82) is 0 Å². The second kappa shape index (κ2) is 9.41. The minimum absolute atomic E-state index is 0.136. The molecular weight excluding hydrogens is 392 g/mol. The van der Waals surface area contributed by atoms with Crippen molar-refractivity contribution >= 4 is 17.4 Å². The maximum Gasteiger partial charge on any atom is 0.331 e. The minimum atomic E-state index is -0.458. The van der Waals surface area contributed by atoms with Crippen LogP contribution in [0.4, 0.5) is 5.69 Å². The highest BCUT2D eigenvalue weighted by atomic mass is 16.7. The van der Waals surface area contributed by atoms with Gasteiger partial charge < -0.3 is 4.84 Å². The van der Waals surface area contributed by atoms with Crippen molar-refractivity contribution in [3.05, 3.63) is 63.2 Å². The Morgan fingerprint density at radius 1 is 1.00 bits per heavy atom. The summed E-state index contributed by atoms with van der Waals surface area (Å²) in [7, 11) is 0. The Bertz CT molecular complexity index is 1020. The molecule has 0 aliphatic heterocycles. The molecule has 0 heterocycles. The molecule has 31 heavy (non-hydrogen) atoms. The van der Waals surface area contributed by atoms with Crippen molar-refractivity contribution in [2.75, 3.05) is 0 Å². The highest BCUT2D eigenvalue weighted by molar-refractivity contribution is 6.00. The first-order valence-electron chi connectivity index (χ1n) is 11.0. The van der Waals surface area contributed by atoms with Gasteiger partial charge in [-0.15, -0.1) is 0 Å². The number of oxime groups is 1. The number of rotatable bonds is 9. The number of benzene rings is 2. The lowest BCUT2D eigenvalue weighted by molar-refractivity contribution is -0.384. The predicted molar refractivity (Wildman–Crippen MR) is 122 cm³/mol. The van der Waals surface area contributed by atoms with Gasteiger partial charge in [-0.3, -0.25) is 10.1 Å². The summed E-state index contributed by atoms with van der Waals surface area (Å²) in [6, 6.07) is 11.4. The van der Waals surface area contributed by atoms with Crippen LogP contribution in [0.15, 0.2) is 41.6 Å². The van der Waals surface area contributed by atoms with Crippen molar-refractivity contribution in [2.24, 2.45) is 5.16 Å². The van der Waals surface area contributed by atoms with E-state index in [4.69, 9.17) is 4.84 Å². The van der Waals surface area contributed by atoms with E-state index < -0.39 is 5.97 Å². The molecule has 0 bridgehead atoms. The van der Waals surface area contributed by atoms with Crippen LogP contribution >= 0.6 is 0 Å². The summed E-state index contributed by atoms with van der Waals surface area (Å²) >= 11 is 0. The second-order valence-electron chi connectivity index (χ2n) is 8.30. The normalized spacial score (nSPS) is 14.1. The molecule has 2 aromatic rings. The van der Waals surface area contributed by atoms with E-state index in [2.05, 4.69) is 31.1 Å². The van der Waals surface area contributed by atoms with Crippen LogP contribution in [-0.4, -0.2) is 16.6 Å². The van der Waals surface area contributed by atoms with E-state index in [9.17, 15) is 14.9 Å². The van der Waals surface area contributed by atoms with E-state index in [0.29, 0.717) is 5.71 Å². The first-order chi connectivity index (χ1) is 14.8. The van der Waals surface area contributed by atoms with E-state index in [0.717, 1.165) is 60.8 Å². The van der Waals surface area contributed by atoms with Crippen LogP contribution in [0.25, 0.3) is 11.1 Å². The molecule has 1 aliphatic rings. The monoisotopic (exact) mass is 422 g/mol. The molecule has 0 saturated heterocycles. The minimum Gasteiger partial charge on any atom is -0.318 e. The van der Waals surface area contributed by atoms with E-state index >= 15 is 0 Å². The fourth-order valence-electron chi connectivity index (χ4n) is 4.63. The van der Waals surface area contributed by atoms with Crippen LogP contribution in [0.5, 0.6) is 0 Å². The third-order valence-corrected chi connectivity index (χ3v) is 6.20. The number of nitrogens with zero attached hydrogens (tertiary/aromatic N) is 2.